The molecule has 0 aliphatic heterocycles. The first-order chi connectivity index (χ1) is 15.7. The standard InChI is InChI=1S/C22H38.C4H6.3C2H6/c1-3-4-7-16-9-11-19-18(16)13-14-21-20(19)12-10-17-8-5-6-15-22(17,21)2;1-3-4-2;3*1-2/h16-21H,3-15H2,1-2H3;3-4H,1-2H2;3*1-2H3. The lowest BCUT2D eigenvalue weighted by atomic mass is 9.47. The Morgan fingerprint density at radius 1 is 0.719 bits per heavy atom. The summed E-state index contributed by atoms with van der Waals surface area (Å²) in [6.07, 6.45) is 23.5. The summed E-state index contributed by atoms with van der Waals surface area (Å²) in [7, 11) is 0. The van der Waals surface area contributed by atoms with Gasteiger partial charge in [-0.3, -0.25) is 0 Å². The molecule has 32 heavy (non-hydrogen) atoms. The fourth-order valence-electron chi connectivity index (χ4n) is 7.90. The van der Waals surface area contributed by atoms with Gasteiger partial charge in [0.15, 0.2) is 0 Å². The Labute approximate surface area is 205 Å². The fraction of sp³-hybridized carbons (Fsp3) is 0.875. The first-order valence-electron chi connectivity index (χ1n) is 14.9. The summed E-state index contributed by atoms with van der Waals surface area (Å²) in [5, 5.41) is 0. The van der Waals surface area contributed by atoms with Crippen LogP contribution < -0.4 is 0 Å². The molecule has 190 valence electrons. The summed E-state index contributed by atoms with van der Waals surface area (Å²) in [4.78, 5) is 0. The Kier molecular flexibility index (Phi) is 17.6. The van der Waals surface area contributed by atoms with Gasteiger partial charge < -0.3 is 0 Å². The second-order valence-corrected chi connectivity index (χ2v) is 10.2. The molecule has 7 atom stereocenters. The van der Waals surface area contributed by atoms with E-state index in [0.29, 0.717) is 0 Å². The van der Waals surface area contributed by atoms with Gasteiger partial charge in [-0.1, -0.05) is 113 Å². The Bertz CT molecular complexity index is 457. The van der Waals surface area contributed by atoms with Gasteiger partial charge in [0.05, 0.1) is 0 Å². The van der Waals surface area contributed by atoms with Crippen molar-refractivity contribution in [3.8, 4) is 0 Å². The third-order valence-electron chi connectivity index (χ3n) is 9.15. The topological polar surface area (TPSA) is 0 Å². The van der Waals surface area contributed by atoms with E-state index < -0.39 is 0 Å². The molecule has 4 aliphatic carbocycles. The van der Waals surface area contributed by atoms with Crippen molar-refractivity contribution in [1.29, 1.82) is 0 Å². The second kappa shape index (κ2) is 17.9. The van der Waals surface area contributed by atoms with Gasteiger partial charge in [0.2, 0.25) is 0 Å². The molecule has 0 heteroatoms. The average molecular weight is 447 g/mol. The lowest BCUT2D eigenvalue weighted by molar-refractivity contribution is -0.0871. The van der Waals surface area contributed by atoms with Crippen LogP contribution in [0.5, 0.6) is 0 Å². The lowest BCUT2D eigenvalue weighted by Crippen LogP contribution is -2.50. The molecule has 0 amide bonds. The maximum atomic E-state index is 3.36. The van der Waals surface area contributed by atoms with Crippen molar-refractivity contribution in [3.63, 3.8) is 0 Å². The van der Waals surface area contributed by atoms with Gasteiger partial charge in [0.1, 0.15) is 0 Å². The van der Waals surface area contributed by atoms with E-state index in [4.69, 9.17) is 0 Å². The minimum atomic E-state index is 0.744. The minimum Gasteiger partial charge on any atom is -0.0991 e. The van der Waals surface area contributed by atoms with E-state index in [1.165, 1.54) is 25.7 Å². The highest BCUT2D eigenvalue weighted by Gasteiger charge is 2.55. The van der Waals surface area contributed by atoms with Crippen LogP contribution in [0.2, 0.25) is 0 Å². The lowest BCUT2D eigenvalue weighted by Gasteiger charge is -2.58. The zero-order valence-electron chi connectivity index (χ0n) is 23.7. The third kappa shape index (κ3) is 7.77. The molecular formula is C32H62. The molecule has 0 N–H and O–H groups in total. The van der Waals surface area contributed by atoms with Gasteiger partial charge in [0.25, 0.3) is 0 Å². The molecule has 0 saturated heterocycles. The zero-order valence-corrected chi connectivity index (χ0v) is 23.7. The molecule has 0 aromatic carbocycles. The van der Waals surface area contributed by atoms with Gasteiger partial charge in [-0.2, -0.15) is 0 Å². The van der Waals surface area contributed by atoms with Gasteiger partial charge in [-0.15, -0.1) is 0 Å². The maximum absolute atomic E-state index is 3.36. The average Bonchev–Trinajstić information content (AvgIpc) is 3.29. The minimum absolute atomic E-state index is 0.744. The molecule has 4 saturated carbocycles. The van der Waals surface area contributed by atoms with Crippen LogP contribution in [-0.2, 0) is 0 Å². The largest absolute Gasteiger partial charge is 0.0991 e. The predicted octanol–water partition coefficient (Wildman–Crippen LogP) is 11.3. The molecule has 4 fully saturated rings. The number of hydrogen-bond acceptors (Lipinski definition) is 0. The molecular weight excluding hydrogens is 384 g/mol. The first-order valence-corrected chi connectivity index (χ1v) is 14.9. The summed E-state index contributed by atoms with van der Waals surface area (Å²) < 4.78 is 0. The van der Waals surface area contributed by atoms with Crippen LogP contribution in [0, 0.1) is 40.9 Å². The Morgan fingerprint density at radius 3 is 1.91 bits per heavy atom. The van der Waals surface area contributed by atoms with Crippen molar-refractivity contribution < 1.29 is 0 Å². The summed E-state index contributed by atoms with van der Waals surface area (Å²) in [6, 6.07) is 0. The monoisotopic (exact) mass is 446 g/mol. The van der Waals surface area contributed by atoms with E-state index in [9.17, 15) is 0 Å². The normalized spacial score (nSPS) is 36.2. The molecule has 0 spiro atoms. The maximum Gasteiger partial charge on any atom is -0.0266 e. The van der Waals surface area contributed by atoms with E-state index in [1.807, 2.05) is 41.5 Å². The quantitative estimate of drug-likeness (QED) is 0.376. The van der Waals surface area contributed by atoms with Gasteiger partial charge in [-0.05, 0) is 92.3 Å². The van der Waals surface area contributed by atoms with Crippen LogP contribution in [0.15, 0.2) is 25.3 Å². The van der Waals surface area contributed by atoms with E-state index in [2.05, 4.69) is 27.0 Å². The molecule has 0 heterocycles. The highest BCUT2D eigenvalue weighted by atomic mass is 14.6. The number of rotatable bonds is 4. The Hall–Kier alpha value is -0.520. The van der Waals surface area contributed by atoms with Crippen molar-refractivity contribution in [2.45, 2.75) is 139 Å². The molecule has 4 rings (SSSR count). The van der Waals surface area contributed by atoms with Gasteiger partial charge >= 0.3 is 0 Å². The number of hydrogen-bond donors (Lipinski definition) is 0. The first kappa shape index (κ1) is 31.5. The van der Waals surface area contributed by atoms with Crippen LogP contribution in [0.3, 0.4) is 0 Å². The van der Waals surface area contributed by atoms with Crippen molar-refractivity contribution in [1.82, 2.24) is 0 Å². The molecule has 7 unspecified atom stereocenters. The number of allylic oxidation sites excluding steroid dienone is 2. The molecule has 4 aliphatic rings. The molecule has 0 aromatic heterocycles. The summed E-state index contributed by atoms with van der Waals surface area (Å²) in [6.45, 7) is 23.8. The SMILES string of the molecule is C=CC=C.CC.CC.CC.CCCCC1CCC2C1CCC1C2CCC2CCCCC21C. The van der Waals surface area contributed by atoms with Crippen LogP contribution in [0.1, 0.15) is 139 Å². The highest BCUT2D eigenvalue weighted by Crippen LogP contribution is 2.64. The predicted molar refractivity (Wildman–Crippen MR) is 149 cm³/mol. The molecule has 0 bridgehead atoms. The van der Waals surface area contributed by atoms with E-state index >= 15 is 0 Å². The fourth-order valence-corrected chi connectivity index (χ4v) is 7.90. The van der Waals surface area contributed by atoms with Gasteiger partial charge in [0, 0.05) is 0 Å². The van der Waals surface area contributed by atoms with E-state index in [1.54, 1.807) is 69.9 Å². The van der Waals surface area contributed by atoms with Crippen molar-refractivity contribution in [2.24, 2.45) is 40.9 Å². The van der Waals surface area contributed by atoms with E-state index in [0.717, 1.165) is 40.9 Å². The second-order valence-electron chi connectivity index (χ2n) is 10.2. The van der Waals surface area contributed by atoms with Crippen LogP contribution >= 0.6 is 0 Å². The van der Waals surface area contributed by atoms with Crippen LogP contribution in [0.25, 0.3) is 0 Å². The van der Waals surface area contributed by atoms with E-state index in [-0.39, 0.29) is 0 Å². The number of fused-ring (bicyclic) bond motifs is 5. The zero-order chi connectivity index (χ0) is 24.6. The molecule has 0 nitrogen and oxygen atoms in total. The molecule has 0 radical (unpaired) electrons. The summed E-state index contributed by atoms with van der Waals surface area (Å²) in [5.41, 5.74) is 0.744. The number of unbranched alkanes of at least 4 members (excludes halogenated alkanes) is 1. The molecule has 0 aromatic rings. The summed E-state index contributed by atoms with van der Waals surface area (Å²) >= 11 is 0. The highest BCUT2D eigenvalue weighted by molar-refractivity contribution is 5.04. The van der Waals surface area contributed by atoms with Crippen LogP contribution in [0.4, 0.5) is 0 Å². The summed E-state index contributed by atoms with van der Waals surface area (Å²) in [5.74, 6) is 6.72. The Morgan fingerprint density at radius 2 is 1.31 bits per heavy atom. The smallest absolute Gasteiger partial charge is 0.0266 e. The van der Waals surface area contributed by atoms with Crippen molar-refractivity contribution >= 4 is 0 Å². The Balaban J connectivity index is 0.000000839. The third-order valence-corrected chi connectivity index (χ3v) is 9.15. The van der Waals surface area contributed by atoms with Crippen molar-refractivity contribution in [2.75, 3.05) is 0 Å². The van der Waals surface area contributed by atoms with Gasteiger partial charge in [-0.25, -0.2) is 0 Å². The van der Waals surface area contributed by atoms with Crippen molar-refractivity contribution in [3.05, 3.63) is 25.3 Å². The van der Waals surface area contributed by atoms with Crippen LogP contribution in [-0.4, -0.2) is 0 Å².